The Kier molecular flexibility index (Phi) is 3.30. The monoisotopic (exact) mass is 228 g/mol. The van der Waals surface area contributed by atoms with E-state index >= 15 is 0 Å². The van der Waals surface area contributed by atoms with Gasteiger partial charge in [0.1, 0.15) is 5.69 Å². The van der Waals surface area contributed by atoms with Gasteiger partial charge in [0, 0.05) is 18.9 Å². The summed E-state index contributed by atoms with van der Waals surface area (Å²) in [7, 11) is 1.56. The lowest BCUT2D eigenvalue weighted by Gasteiger charge is -2.05. The zero-order chi connectivity index (χ0) is 12.1. The van der Waals surface area contributed by atoms with Gasteiger partial charge in [0.15, 0.2) is 0 Å². The van der Waals surface area contributed by atoms with Crippen molar-refractivity contribution in [3.05, 3.63) is 48.3 Å². The number of rotatable bonds is 3. The first-order valence-corrected chi connectivity index (χ1v) is 5.17. The molecule has 0 aliphatic heterocycles. The van der Waals surface area contributed by atoms with Crippen LogP contribution in [0, 0.1) is 0 Å². The number of amides is 1. The second kappa shape index (κ2) is 5.07. The molecule has 86 valence electrons. The summed E-state index contributed by atoms with van der Waals surface area (Å²) >= 11 is 0. The lowest BCUT2D eigenvalue weighted by molar-refractivity contribution is 0.0958. The van der Waals surface area contributed by atoms with E-state index in [0.717, 1.165) is 5.69 Å². The Morgan fingerprint density at radius 1 is 1.18 bits per heavy atom. The zero-order valence-corrected chi connectivity index (χ0v) is 9.34. The van der Waals surface area contributed by atoms with Gasteiger partial charge in [-0.25, -0.2) is 9.97 Å². The van der Waals surface area contributed by atoms with Crippen molar-refractivity contribution >= 4 is 17.5 Å². The third-order valence-corrected chi connectivity index (χ3v) is 2.15. The van der Waals surface area contributed by atoms with E-state index in [4.69, 9.17) is 0 Å². The van der Waals surface area contributed by atoms with Gasteiger partial charge in [-0.05, 0) is 18.2 Å². The summed E-state index contributed by atoms with van der Waals surface area (Å²) in [6.45, 7) is 0. The maximum atomic E-state index is 11.4. The van der Waals surface area contributed by atoms with Crippen LogP contribution in [-0.4, -0.2) is 22.9 Å². The average molecular weight is 228 g/mol. The fraction of sp³-hybridized carbons (Fsp3) is 0.0833. The molecule has 0 radical (unpaired) electrons. The first-order valence-electron chi connectivity index (χ1n) is 5.17. The van der Waals surface area contributed by atoms with E-state index in [-0.39, 0.29) is 5.91 Å². The van der Waals surface area contributed by atoms with E-state index in [2.05, 4.69) is 20.6 Å². The van der Waals surface area contributed by atoms with Crippen LogP contribution in [0.4, 0.5) is 11.6 Å². The van der Waals surface area contributed by atoms with Crippen LogP contribution in [0.1, 0.15) is 10.5 Å². The van der Waals surface area contributed by atoms with Crippen molar-refractivity contribution in [3.63, 3.8) is 0 Å². The van der Waals surface area contributed by atoms with E-state index in [9.17, 15) is 4.79 Å². The quantitative estimate of drug-likeness (QED) is 0.837. The van der Waals surface area contributed by atoms with Crippen LogP contribution in [-0.2, 0) is 0 Å². The van der Waals surface area contributed by atoms with Gasteiger partial charge < -0.3 is 10.6 Å². The number of para-hydroxylation sites is 1. The minimum atomic E-state index is -0.233. The van der Waals surface area contributed by atoms with Gasteiger partial charge in [-0.1, -0.05) is 18.2 Å². The van der Waals surface area contributed by atoms with Crippen LogP contribution in [0.15, 0.2) is 42.6 Å². The third kappa shape index (κ3) is 2.78. The Labute approximate surface area is 98.9 Å². The molecule has 2 aromatic rings. The van der Waals surface area contributed by atoms with Crippen molar-refractivity contribution < 1.29 is 4.79 Å². The molecule has 0 saturated heterocycles. The molecule has 0 bridgehead atoms. The number of hydrogen-bond donors (Lipinski definition) is 2. The largest absolute Gasteiger partial charge is 0.354 e. The number of carbonyl (C=O) groups excluding carboxylic acids is 1. The Hall–Kier alpha value is -2.43. The summed E-state index contributed by atoms with van der Waals surface area (Å²) in [5, 5.41) is 5.54. The number of benzene rings is 1. The van der Waals surface area contributed by atoms with Crippen LogP contribution in [0.25, 0.3) is 0 Å². The molecule has 1 heterocycles. The molecule has 0 aliphatic carbocycles. The highest BCUT2D eigenvalue weighted by molar-refractivity contribution is 5.92. The van der Waals surface area contributed by atoms with Crippen molar-refractivity contribution in [3.8, 4) is 0 Å². The van der Waals surface area contributed by atoms with E-state index in [0.29, 0.717) is 11.6 Å². The first-order chi connectivity index (χ1) is 8.29. The van der Waals surface area contributed by atoms with Crippen molar-refractivity contribution in [2.75, 3.05) is 12.4 Å². The Bertz CT molecular complexity index is 513. The van der Waals surface area contributed by atoms with E-state index in [1.54, 1.807) is 19.3 Å². The van der Waals surface area contributed by atoms with E-state index in [1.165, 1.54) is 0 Å². The number of nitrogens with one attached hydrogen (secondary N) is 2. The maximum Gasteiger partial charge on any atom is 0.269 e. The molecule has 5 heteroatoms. The molecule has 0 saturated carbocycles. The highest BCUT2D eigenvalue weighted by Crippen LogP contribution is 2.11. The molecule has 0 unspecified atom stereocenters. The summed E-state index contributed by atoms with van der Waals surface area (Å²) in [6, 6.07) is 11.1. The highest BCUT2D eigenvalue weighted by atomic mass is 16.1. The van der Waals surface area contributed by atoms with Gasteiger partial charge in [0.2, 0.25) is 5.95 Å². The predicted molar refractivity (Wildman–Crippen MR) is 65.1 cm³/mol. The number of carbonyl (C=O) groups is 1. The topological polar surface area (TPSA) is 66.9 Å². The maximum absolute atomic E-state index is 11.4. The number of nitrogens with zero attached hydrogens (tertiary/aromatic N) is 2. The second-order valence-electron chi connectivity index (χ2n) is 3.34. The zero-order valence-electron chi connectivity index (χ0n) is 9.34. The summed E-state index contributed by atoms with van der Waals surface area (Å²) in [6.07, 6.45) is 1.54. The van der Waals surface area contributed by atoms with E-state index < -0.39 is 0 Å². The fourth-order valence-electron chi connectivity index (χ4n) is 1.32. The lowest BCUT2D eigenvalue weighted by Crippen LogP contribution is -2.19. The molecule has 2 N–H and O–H groups in total. The second-order valence-corrected chi connectivity index (χ2v) is 3.34. The van der Waals surface area contributed by atoms with Crippen LogP contribution in [0.2, 0.25) is 0 Å². The number of aromatic nitrogens is 2. The molecule has 0 atom stereocenters. The number of hydrogen-bond acceptors (Lipinski definition) is 4. The van der Waals surface area contributed by atoms with Gasteiger partial charge in [-0.15, -0.1) is 0 Å². The van der Waals surface area contributed by atoms with Crippen molar-refractivity contribution in [2.24, 2.45) is 0 Å². The van der Waals surface area contributed by atoms with Crippen molar-refractivity contribution in [1.29, 1.82) is 0 Å². The third-order valence-electron chi connectivity index (χ3n) is 2.15. The average Bonchev–Trinajstić information content (AvgIpc) is 2.39. The molecule has 0 aliphatic rings. The molecular weight excluding hydrogens is 216 g/mol. The summed E-state index contributed by atoms with van der Waals surface area (Å²) < 4.78 is 0. The fourth-order valence-corrected chi connectivity index (χ4v) is 1.32. The SMILES string of the molecule is CNC(=O)c1ccnc(Nc2ccccc2)n1. The molecule has 5 nitrogen and oxygen atoms in total. The van der Waals surface area contributed by atoms with Gasteiger partial charge in [-0.2, -0.15) is 0 Å². The molecule has 2 rings (SSSR count). The number of anilines is 2. The molecule has 1 amide bonds. The van der Waals surface area contributed by atoms with Gasteiger partial charge in [0.25, 0.3) is 5.91 Å². The van der Waals surface area contributed by atoms with Crippen LogP contribution >= 0.6 is 0 Å². The Morgan fingerprint density at radius 2 is 1.94 bits per heavy atom. The van der Waals surface area contributed by atoms with Gasteiger partial charge >= 0.3 is 0 Å². The smallest absolute Gasteiger partial charge is 0.269 e. The summed E-state index contributed by atoms with van der Waals surface area (Å²) in [4.78, 5) is 19.5. The Balaban J connectivity index is 2.20. The normalized spacial score (nSPS) is 9.71. The predicted octanol–water partition coefficient (Wildman–Crippen LogP) is 1.58. The van der Waals surface area contributed by atoms with Crippen molar-refractivity contribution in [1.82, 2.24) is 15.3 Å². The van der Waals surface area contributed by atoms with Crippen LogP contribution in [0.3, 0.4) is 0 Å². The molecule has 0 spiro atoms. The van der Waals surface area contributed by atoms with Gasteiger partial charge in [0.05, 0.1) is 0 Å². The first kappa shape index (κ1) is 11.1. The highest BCUT2D eigenvalue weighted by Gasteiger charge is 2.06. The van der Waals surface area contributed by atoms with Crippen LogP contribution < -0.4 is 10.6 Å². The summed E-state index contributed by atoms with van der Waals surface area (Å²) in [5.41, 5.74) is 1.21. The minimum Gasteiger partial charge on any atom is -0.354 e. The molecular formula is C12H12N4O. The summed E-state index contributed by atoms with van der Waals surface area (Å²) in [5.74, 6) is 0.167. The lowest BCUT2D eigenvalue weighted by atomic mass is 10.3. The van der Waals surface area contributed by atoms with Crippen molar-refractivity contribution in [2.45, 2.75) is 0 Å². The Morgan fingerprint density at radius 3 is 2.65 bits per heavy atom. The van der Waals surface area contributed by atoms with Crippen LogP contribution in [0.5, 0.6) is 0 Å². The van der Waals surface area contributed by atoms with E-state index in [1.807, 2.05) is 30.3 Å². The molecule has 1 aromatic carbocycles. The minimum absolute atomic E-state index is 0.233. The molecule has 17 heavy (non-hydrogen) atoms. The van der Waals surface area contributed by atoms with Gasteiger partial charge in [-0.3, -0.25) is 4.79 Å². The standard InChI is InChI=1S/C12H12N4O/c1-13-11(17)10-7-8-14-12(16-10)15-9-5-3-2-4-6-9/h2-8H,1H3,(H,13,17)(H,14,15,16). The molecule has 1 aromatic heterocycles. The molecule has 0 fully saturated rings.